The fraction of sp³-hybridized carbons (Fsp3) is 0.0833. The number of nitrogens with one attached hydrogen (secondary N) is 2. The third-order valence-corrected chi connectivity index (χ3v) is 2.80. The molecule has 0 aliphatic carbocycles. The molecule has 0 aliphatic heterocycles. The van der Waals surface area contributed by atoms with Crippen molar-refractivity contribution < 1.29 is 0 Å². The van der Waals surface area contributed by atoms with Crippen molar-refractivity contribution >= 4 is 5.82 Å². The monoisotopic (exact) mass is 256 g/mol. The van der Waals surface area contributed by atoms with Crippen molar-refractivity contribution in [3.05, 3.63) is 52.7 Å². The number of nitrogens with zero attached hydrogens (tertiary/aromatic N) is 3. The van der Waals surface area contributed by atoms with Crippen molar-refractivity contribution in [2.75, 3.05) is 5.73 Å². The first-order valence-corrected chi connectivity index (χ1v) is 5.73. The van der Waals surface area contributed by atoms with Gasteiger partial charge in [-0.2, -0.15) is 5.10 Å². The highest BCUT2D eigenvalue weighted by atomic mass is 16.1. The summed E-state index contributed by atoms with van der Waals surface area (Å²) in [6.07, 6.45) is 1.63. The standard InChI is InChI=1S/C12H12N6O/c13-10-9(11-15-12(19)17-16-11)14-7-18(10)6-8-4-2-1-3-5-8/h1-5,7H,6,13H2,(H2,15,16,17,19). The third-order valence-electron chi connectivity index (χ3n) is 2.80. The number of aromatic amines is 2. The lowest BCUT2D eigenvalue weighted by Crippen LogP contribution is -2.04. The van der Waals surface area contributed by atoms with Gasteiger partial charge < -0.3 is 10.3 Å². The number of H-pyrrole nitrogens is 2. The molecule has 0 radical (unpaired) electrons. The van der Waals surface area contributed by atoms with E-state index in [0.29, 0.717) is 23.9 Å². The summed E-state index contributed by atoms with van der Waals surface area (Å²) in [5.74, 6) is 0.806. The molecule has 0 aliphatic rings. The third kappa shape index (κ3) is 2.13. The molecule has 0 bridgehead atoms. The molecule has 7 heteroatoms. The number of hydrogen-bond acceptors (Lipinski definition) is 4. The Bertz CT molecular complexity index is 739. The molecule has 0 amide bonds. The van der Waals surface area contributed by atoms with Crippen LogP contribution in [0, 0.1) is 0 Å². The molecule has 96 valence electrons. The van der Waals surface area contributed by atoms with Crippen LogP contribution in [0.4, 0.5) is 5.82 Å². The van der Waals surface area contributed by atoms with Gasteiger partial charge in [0.05, 0.1) is 12.9 Å². The molecule has 3 aromatic rings. The van der Waals surface area contributed by atoms with Crippen molar-refractivity contribution in [1.82, 2.24) is 24.7 Å². The zero-order valence-electron chi connectivity index (χ0n) is 10.00. The zero-order valence-corrected chi connectivity index (χ0v) is 10.00. The number of anilines is 1. The molecular weight excluding hydrogens is 244 g/mol. The topological polar surface area (TPSA) is 105 Å². The van der Waals surface area contributed by atoms with Crippen molar-refractivity contribution in [1.29, 1.82) is 0 Å². The molecule has 0 fully saturated rings. The van der Waals surface area contributed by atoms with E-state index < -0.39 is 0 Å². The van der Waals surface area contributed by atoms with Gasteiger partial charge in [0.15, 0.2) is 5.82 Å². The quantitative estimate of drug-likeness (QED) is 0.637. The Morgan fingerprint density at radius 2 is 2.05 bits per heavy atom. The lowest BCUT2D eigenvalue weighted by molar-refractivity contribution is 0.808. The van der Waals surface area contributed by atoms with Crippen LogP contribution in [-0.4, -0.2) is 24.7 Å². The number of aromatic nitrogens is 5. The maximum absolute atomic E-state index is 11.0. The largest absolute Gasteiger partial charge is 0.383 e. The molecule has 7 nitrogen and oxygen atoms in total. The van der Waals surface area contributed by atoms with E-state index >= 15 is 0 Å². The lowest BCUT2D eigenvalue weighted by Gasteiger charge is -2.05. The van der Waals surface area contributed by atoms with Crippen LogP contribution in [0.2, 0.25) is 0 Å². The molecule has 2 aromatic heterocycles. The Balaban J connectivity index is 1.93. The van der Waals surface area contributed by atoms with Crippen LogP contribution in [-0.2, 0) is 6.54 Å². The highest BCUT2D eigenvalue weighted by Crippen LogP contribution is 2.20. The normalized spacial score (nSPS) is 10.7. The smallest absolute Gasteiger partial charge is 0.340 e. The molecular formula is C12H12N6O. The maximum Gasteiger partial charge on any atom is 0.340 e. The molecule has 0 spiro atoms. The number of nitrogens with two attached hydrogens (primary N) is 1. The van der Waals surface area contributed by atoms with Crippen LogP contribution in [0.15, 0.2) is 41.5 Å². The summed E-state index contributed by atoms with van der Waals surface area (Å²) in [4.78, 5) is 17.7. The molecule has 0 unspecified atom stereocenters. The van der Waals surface area contributed by atoms with Crippen LogP contribution >= 0.6 is 0 Å². The predicted molar refractivity (Wildman–Crippen MR) is 70.4 cm³/mol. The van der Waals surface area contributed by atoms with Gasteiger partial charge >= 0.3 is 5.69 Å². The summed E-state index contributed by atoms with van der Waals surface area (Å²) < 4.78 is 1.80. The molecule has 4 N–H and O–H groups in total. The summed E-state index contributed by atoms with van der Waals surface area (Å²) in [5.41, 5.74) is 7.22. The first-order valence-electron chi connectivity index (χ1n) is 5.73. The van der Waals surface area contributed by atoms with Gasteiger partial charge in [0.1, 0.15) is 11.5 Å². The first kappa shape index (κ1) is 11.3. The van der Waals surface area contributed by atoms with Crippen LogP contribution in [0.3, 0.4) is 0 Å². The van der Waals surface area contributed by atoms with Gasteiger partial charge in [-0.05, 0) is 5.56 Å². The van der Waals surface area contributed by atoms with E-state index in [1.165, 1.54) is 0 Å². The SMILES string of the molecule is Nc1c(-c2n[nH]c(=O)[nH]2)ncn1Cc1ccccc1. The fourth-order valence-electron chi connectivity index (χ4n) is 1.86. The summed E-state index contributed by atoms with van der Waals surface area (Å²) >= 11 is 0. The maximum atomic E-state index is 11.0. The Morgan fingerprint density at radius 1 is 1.26 bits per heavy atom. The van der Waals surface area contributed by atoms with Gasteiger partial charge in [-0.15, -0.1) is 0 Å². The molecule has 19 heavy (non-hydrogen) atoms. The number of nitrogen functional groups attached to an aromatic ring is 1. The van der Waals surface area contributed by atoms with Crippen molar-refractivity contribution in [3.63, 3.8) is 0 Å². The average molecular weight is 256 g/mol. The average Bonchev–Trinajstić information content (AvgIpc) is 2.99. The Morgan fingerprint density at radius 3 is 2.74 bits per heavy atom. The van der Waals surface area contributed by atoms with Gasteiger partial charge in [0.25, 0.3) is 0 Å². The van der Waals surface area contributed by atoms with E-state index in [-0.39, 0.29) is 5.69 Å². The number of imidazole rings is 1. The van der Waals surface area contributed by atoms with Gasteiger partial charge in [-0.1, -0.05) is 30.3 Å². The van der Waals surface area contributed by atoms with E-state index in [2.05, 4.69) is 20.2 Å². The minimum atomic E-state index is -0.382. The number of rotatable bonds is 3. The van der Waals surface area contributed by atoms with Crippen LogP contribution in [0.1, 0.15) is 5.56 Å². The predicted octanol–water partition coefficient (Wildman–Crippen LogP) is 0.592. The van der Waals surface area contributed by atoms with E-state index in [0.717, 1.165) is 5.56 Å². The fourth-order valence-corrected chi connectivity index (χ4v) is 1.86. The molecule has 3 rings (SSSR count). The minimum Gasteiger partial charge on any atom is -0.383 e. The molecule has 1 aromatic carbocycles. The second kappa shape index (κ2) is 4.45. The van der Waals surface area contributed by atoms with E-state index in [4.69, 9.17) is 5.73 Å². The molecule has 0 saturated carbocycles. The van der Waals surface area contributed by atoms with Crippen molar-refractivity contribution in [2.45, 2.75) is 6.54 Å². The first-order chi connectivity index (χ1) is 9.24. The summed E-state index contributed by atoms with van der Waals surface area (Å²) in [6, 6.07) is 9.91. The highest BCUT2D eigenvalue weighted by molar-refractivity contribution is 5.63. The Kier molecular flexibility index (Phi) is 2.64. The van der Waals surface area contributed by atoms with E-state index in [1.807, 2.05) is 30.3 Å². The Hall–Kier alpha value is -2.83. The van der Waals surface area contributed by atoms with Crippen molar-refractivity contribution in [3.8, 4) is 11.5 Å². The summed E-state index contributed by atoms with van der Waals surface area (Å²) in [7, 11) is 0. The lowest BCUT2D eigenvalue weighted by atomic mass is 10.2. The number of benzene rings is 1. The summed E-state index contributed by atoms with van der Waals surface area (Å²) in [5, 5.41) is 6.11. The van der Waals surface area contributed by atoms with Gasteiger partial charge in [-0.25, -0.2) is 14.9 Å². The summed E-state index contributed by atoms with van der Waals surface area (Å²) in [6.45, 7) is 0.619. The van der Waals surface area contributed by atoms with Crippen molar-refractivity contribution in [2.24, 2.45) is 0 Å². The van der Waals surface area contributed by atoms with Gasteiger partial charge in [0.2, 0.25) is 0 Å². The van der Waals surface area contributed by atoms with E-state index in [1.54, 1.807) is 10.9 Å². The molecule has 0 atom stereocenters. The second-order valence-corrected chi connectivity index (χ2v) is 4.12. The Labute approximate surface area is 108 Å². The van der Waals surface area contributed by atoms with Crippen LogP contribution < -0.4 is 11.4 Å². The zero-order chi connectivity index (χ0) is 13.2. The van der Waals surface area contributed by atoms with Gasteiger partial charge in [0, 0.05) is 0 Å². The highest BCUT2D eigenvalue weighted by Gasteiger charge is 2.13. The van der Waals surface area contributed by atoms with Crippen LogP contribution in [0.25, 0.3) is 11.5 Å². The van der Waals surface area contributed by atoms with E-state index in [9.17, 15) is 4.79 Å². The molecule has 2 heterocycles. The van der Waals surface area contributed by atoms with Crippen LogP contribution in [0.5, 0.6) is 0 Å². The number of hydrogen-bond donors (Lipinski definition) is 3. The minimum absolute atomic E-state index is 0.342. The molecule has 0 saturated heterocycles. The van der Waals surface area contributed by atoms with Gasteiger partial charge in [-0.3, -0.25) is 4.98 Å². The second-order valence-electron chi connectivity index (χ2n) is 4.12.